The van der Waals surface area contributed by atoms with Gasteiger partial charge in [0.1, 0.15) is 15.0 Å². The summed E-state index contributed by atoms with van der Waals surface area (Å²) in [7, 11) is -8.14. The number of hydrogen-bond donors (Lipinski definition) is 2. The van der Waals surface area contributed by atoms with Gasteiger partial charge in [0.15, 0.2) is 29.2 Å². The van der Waals surface area contributed by atoms with E-state index in [0.717, 1.165) is 29.6 Å². The monoisotopic (exact) mass is 884 g/mol. The van der Waals surface area contributed by atoms with E-state index in [4.69, 9.17) is 34.6 Å². The number of anilines is 1. The topological polar surface area (TPSA) is 310 Å². The first-order valence-corrected chi connectivity index (χ1v) is 21.6. The molecule has 0 unspecified atom stereocenters. The largest absolute Gasteiger partial charge is 0.470 e. The van der Waals surface area contributed by atoms with Crippen LogP contribution in [0.5, 0.6) is 5.88 Å². The van der Waals surface area contributed by atoms with Gasteiger partial charge in [0.2, 0.25) is 22.6 Å². The number of rotatable bonds is 18. The molecular weight excluding hydrogens is 841 g/mol. The normalized spacial score (nSPS) is 16.6. The Morgan fingerprint density at radius 2 is 1.65 bits per heavy atom. The Bertz CT molecular complexity index is 2030. The lowest BCUT2D eigenvalue weighted by molar-refractivity contribution is -0.166. The molecule has 2 aromatic rings. The van der Waals surface area contributed by atoms with Crippen molar-refractivity contribution in [2.45, 2.75) is 92.2 Å². The van der Waals surface area contributed by atoms with Crippen LogP contribution in [0.25, 0.3) is 0 Å². The molecule has 1 aliphatic rings. The molecule has 4 N–H and O–H groups in total. The standard InChI is InChI=1S/C31H44N6O16S4/c1-7-36(21-10-17(2)56(44,45)29-20(21)11-26(54-29)57(33,46)47)30(43)52-16-51-24(41)9-8-23(40)49-14-22(39)37(31(4,5)6)12-19(53-25(42)15-48-18(3)38)13-50-28-27(32)34-55-35-28/h11,17,19,21H,7-10,12-16H2,1-6H3,(H2,32,34)(H2,33,46,47)/t17-,19-,21-/m0/s1. The number of primary sulfonamides is 1. The van der Waals surface area contributed by atoms with Crippen molar-refractivity contribution in [2.75, 3.05) is 45.4 Å². The van der Waals surface area contributed by atoms with E-state index >= 15 is 0 Å². The molecule has 0 saturated heterocycles. The molecule has 2 aromatic heterocycles. The highest BCUT2D eigenvalue weighted by Gasteiger charge is 2.43. The summed E-state index contributed by atoms with van der Waals surface area (Å²) in [4.78, 5) is 77.0. The van der Waals surface area contributed by atoms with Crippen LogP contribution in [-0.2, 0) is 67.5 Å². The second kappa shape index (κ2) is 19.7. The highest BCUT2D eigenvalue weighted by atomic mass is 32.3. The van der Waals surface area contributed by atoms with Crippen molar-refractivity contribution in [1.29, 1.82) is 0 Å². The zero-order valence-corrected chi connectivity index (χ0v) is 35.0. The molecule has 0 radical (unpaired) electrons. The molecule has 22 nitrogen and oxygen atoms in total. The number of ether oxygens (including phenoxy) is 6. The number of fused-ring (bicyclic) bond motifs is 1. The predicted molar refractivity (Wildman–Crippen MR) is 198 cm³/mol. The van der Waals surface area contributed by atoms with E-state index in [1.165, 1.54) is 11.8 Å². The Morgan fingerprint density at radius 1 is 1.00 bits per heavy atom. The van der Waals surface area contributed by atoms with E-state index in [0.29, 0.717) is 11.3 Å². The fourth-order valence-corrected chi connectivity index (χ4v) is 10.0. The van der Waals surface area contributed by atoms with Crippen molar-refractivity contribution < 1.29 is 74.0 Å². The average Bonchev–Trinajstić information content (AvgIpc) is 3.76. The number of carbonyl (C=O) groups excluding carboxylic acids is 6. The van der Waals surface area contributed by atoms with Crippen molar-refractivity contribution in [2.24, 2.45) is 5.14 Å². The van der Waals surface area contributed by atoms with Crippen LogP contribution in [0.4, 0.5) is 10.6 Å². The summed E-state index contributed by atoms with van der Waals surface area (Å²) in [6.45, 7) is 6.17. The first-order valence-electron chi connectivity index (χ1n) is 16.9. The van der Waals surface area contributed by atoms with Gasteiger partial charge in [0.25, 0.3) is 11.8 Å². The van der Waals surface area contributed by atoms with Crippen LogP contribution >= 0.6 is 23.1 Å². The first kappa shape index (κ1) is 46.7. The third kappa shape index (κ3) is 13.2. The Hall–Kier alpha value is -4.66. The van der Waals surface area contributed by atoms with Gasteiger partial charge in [0, 0.05) is 24.6 Å². The molecule has 1 aliphatic heterocycles. The fourth-order valence-electron chi connectivity index (χ4n) is 5.20. The minimum Gasteiger partial charge on any atom is -0.470 e. The van der Waals surface area contributed by atoms with E-state index in [2.05, 4.69) is 13.5 Å². The van der Waals surface area contributed by atoms with Gasteiger partial charge in [-0.3, -0.25) is 19.2 Å². The molecular formula is C31H44N6O16S4. The number of aromatic nitrogens is 2. The number of sulfone groups is 1. The third-order valence-corrected chi connectivity index (χ3v) is 13.8. The second-order valence-corrected chi connectivity index (χ2v) is 19.2. The number of nitrogens with two attached hydrogens (primary N) is 2. The number of carbonyl (C=O) groups is 6. The lowest BCUT2D eigenvalue weighted by atomic mass is 10.0. The van der Waals surface area contributed by atoms with Crippen molar-refractivity contribution in [3.05, 3.63) is 11.6 Å². The molecule has 57 heavy (non-hydrogen) atoms. The minimum absolute atomic E-state index is 0.0104. The average molecular weight is 885 g/mol. The molecule has 0 aliphatic carbocycles. The number of thiophene rings is 1. The third-order valence-electron chi connectivity index (χ3n) is 8.01. The summed E-state index contributed by atoms with van der Waals surface area (Å²) in [6.07, 6.45) is -3.25. The fraction of sp³-hybridized carbons (Fsp3) is 0.613. The molecule has 0 fully saturated rings. The summed E-state index contributed by atoms with van der Waals surface area (Å²) in [6, 6.07) is 0.221. The number of esters is 4. The summed E-state index contributed by atoms with van der Waals surface area (Å²) in [5.74, 6) is -4.32. The Morgan fingerprint density at radius 3 is 2.21 bits per heavy atom. The summed E-state index contributed by atoms with van der Waals surface area (Å²) < 4.78 is 87.5. The van der Waals surface area contributed by atoms with Gasteiger partial charge in [0.05, 0.1) is 42.4 Å². The quantitative estimate of drug-likeness (QED) is 0.119. The number of nitrogens with zero attached hydrogens (tertiary/aromatic N) is 4. The highest BCUT2D eigenvalue weighted by Crippen LogP contribution is 2.45. The minimum atomic E-state index is -4.24. The van der Waals surface area contributed by atoms with Crippen molar-refractivity contribution in [3.8, 4) is 5.88 Å². The summed E-state index contributed by atoms with van der Waals surface area (Å²) in [5, 5.41) is 4.25. The van der Waals surface area contributed by atoms with Crippen LogP contribution in [-0.4, -0.2) is 128 Å². The molecule has 26 heteroatoms. The van der Waals surface area contributed by atoms with Gasteiger partial charge in [-0.1, -0.05) is 0 Å². The lowest BCUT2D eigenvalue weighted by Gasteiger charge is -2.37. The lowest BCUT2D eigenvalue weighted by Crippen LogP contribution is -2.52. The van der Waals surface area contributed by atoms with Gasteiger partial charge >= 0.3 is 30.0 Å². The molecule has 0 bridgehead atoms. The zero-order valence-electron chi connectivity index (χ0n) is 31.8. The van der Waals surface area contributed by atoms with Gasteiger partial charge in [-0.15, -0.1) is 15.7 Å². The molecule has 0 saturated carbocycles. The SMILES string of the molecule is CCN(C(=O)OCOC(=O)CCC(=O)OCC(=O)N(C[C@@H](COc1nsnc1N)OC(=O)COC(C)=O)C(C)(C)C)[C@H]1C[C@H](C)S(=O)(=O)c2sc(S(N)(=O)=O)cc21. The molecule has 0 spiro atoms. The highest BCUT2D eigenvalue weighted by molar-refractivity contribution is 7.95. The molecule has 3 rings (SSSR count). The van der Waals surface area contributed by atoms with E-state index in [1.54, 1.807) is 27.7 Å². The van der Waals surface area contributed by atoms with E-state index in [-0.39, 0.29) is 51.8 Å². The van der Waals surface area contributed by atoms with Crippen molar-refractivity contribution >= 4 is 84.6 Å². The number of amides is 2. The number of hydrogen-bond acceptors (Lipinski definition) is 21. The smallest absolute Gasteiger partial charge is 0.413 e. The first-order chi connectivity index (χ1) is 26.4. The molecule has 318 valence electrons. The van der Waals surface area contributed by atoms with Crippen LogP contribution in [0, 0.1) is 0 Å². The van der Waals surface area contributed by atoms with Crippen molar-refractivity contribution in [1.82, 2.24) is 18.5 Å². The van der Waals surface area contributed by atoms with E-state index in [1.807, 2.05) is 0 Å². The Labute approximate surface area is 336 Å². The number of sulfonamides is 1. The van der Waals surface area contributed by atoms with Crippen LogP contribution in [0.2, 0.25) is 0 Å². The predicted octanol–water partition coefficient (Wildman–Crippen LogP) is 0.900. The van der Waals surface area contributed by atoms with Gasteiger partial charge in [-0.05, 0) is 47.1 Å². The van der Waals surface area contributed by atoms with E-state index < -0.39 is 112 Å². The van der Waals surface area contributed by atoms with Crippen LogP contribution in [0.1, 0.15) is 72.4 Å². The van der Waals surface area contributed by atoms with E-state index in [9.17, 15) is 45.6 Å². The van der Waals surface area contributed by atoms with Gasteiger partial charge in [-0.2, -0.15) is 4.37 Å². The van der Waals surface area contributed by atoms with Crippen LogP contribution in [0.3, 0.4) is 0 Å². The molecule has 3 atom stereocenters. The number of nitrogen functional groups attached to an aromatic ring is 1. The Kier molecular flexibility index (Phi) is 16.1. The maximum Gasteiger partial charge on any atom is 0.413 e. The summed E-state index contributed by atoms with van der Waals surface area (Å²) >= 11 is 1.27. The van der Waals surface area contributed by atoms with Crippen LogP contribution < -0.4 is 15.6 Å². The second-order valence-electron chi connectivity index (χ2n) is 13.3. The van der Waals surface area contributed by atoms with Crippen molar-refractivity contribution in [3.63, 3.8) is 0 Å². The molecule has 0 aromatic carbocycles. The summed E-state index contributed by atoms with van der Waals surface area (Å²) in [5.41, 5.74) is 4.87. The zero-order chi connectivity index (χ0) is 42.9. The maximum absolute atomic E-state index is 13.3. The van der Waals surface area contributed by atoms with Gasteiger partial charge in [-0.25, -0.2) is 31.6 Å². The maximum atomic E-state index is 13.3. The van der Waals surface area contributed by atoms with Crippen LogP contribution in [0.15, 0.2) is 14.5 Å². The molecule has 2 amide bonds. The van der Waals surface area contributed by atoms with Gasteiger partial charge < -0.3 is 44.0 Å². The Balaban J connectivity index is 1.53. The molecule has 3 heterocycles.